The Kier molecular flexibility index (Phi) is 12.3. The Labute approximate surface area is 126 Å². The minimum Gasteiger partial charge on any atom is -0.114 e. The second kappa shape index (κ2) is 12.2. The van der Waals surface area contributed by atoms with E-state index < -0.39 is 0 Å². The Hall–Kier alpha value is 0.130. The lowest BCUT2D eigenvalue weighted by Gasteiger charge is -2.05. The zero-order valence-electron chi connectivity index (χ0n) is 11.7. The van der Waals surface area contributed by atoms with E-state index in [0.717, 1.165) is 0 Å². The SMILES string of the molecule is Br.CCCCCCCCCCc1ccccc1P. The summed E-state index contributed by atoms with van der Waals surface area (Å²) < 4.78 is 0. The predicted octanol–water partition coefficient (Wildman–Crippen LogP) is 5.45. The number of hydrogen-bond acceptors (Lipinski definition) is 0. The molecular formula is C16H28BrP. The average Bonchev–Trinajstić information content (AvgIpc) is 2.35. The quantitative estimate of drug-likeness (QED) is 0.417. The monoisotopic (exact) mass is 330 g/mol. The Morgan fingerprint density at radius 3 is 2.00 bits per heavy atom. The summed E-state index contributed by atoms with van der Waals surface area (Å²) in [6, 6.07) is 8.70. The van der Waals surface area contributed by atoms with Gasteiger partial charge in [0.15, 0.2) is 0 Å². The zero-order valence-corrected chi connectivity index (χ0v) is 14.5. The fraction of sp³-hybridized carbons (Fsp3) is 0.625. The van der Waals surface area contributed by atoms with Crippen molar-refractivity contribution >= 4 is 31.5 Å². The molecular weight excluding hydrogens is 303 g/mol. The summed E-state index contributed by atoms with van der Waals surface area (Å²) in [5, 5.41) is 1.37. The molecule has 0 N–H and O–H groups in total. The van der Waals surface area contributed by atoms with Crippen LogP contribution in [0.15, 0.2) is 24.3 Å². The van der Waals surface area contributed by atoms with Crippen LogP contribution in [0.3, 0.4) is 0 Å². The fourth-order valence-electron chi connectivity index (χ4n) is 2.21. The zero-order chi connectivity index (χ0) is 12.3. The predicted molar refractivity (Wildman–Crippen MR) is 92.4 cm³/mol. The third kappa shape index (κ3) is 8.27. The molecule has 0 aliphatic carbocycles. The van der Waals surface area contributed by atoms with Crippen LogP contribution in [-0.4, -0.2) is 0 Å². The summed E-state index contributed by atoms with van der Waals surface area (Å²) >= 11 is 0. The first kappa shape index (κ1) is 18.1. The lowest BCUT2D eigenvalue weighted by molar-refractivity contribution is 0.576. The van der Waals surface area contributed by atoms with Crippen molar-refractivity contribution in [3.05, 3.63) is 29.8 Å². The van der Waals surface area contributed by atoms with Crippen LogP contribution >= 0.6 is 26.2 Å². The van der Waals surface area contributed by atoms with Crippen LogP contribution in [0.4, 0.5) is 0 Å². The van der Waals surface area contributed by atoms with Gasteiger partial charge in [0.1, 0.15) is 0 Å². The van der Waals surface area contributed by atoms with Gasteiger partial charge in [-0.05, 0) is 23.7 Å². The maximum atomic E-state index is 2.84. The van der Waals surface area contributed by atoms with E-state index in [1.54, 1.807) is 0 Å². The maximum Gasteiger partial charge on any atom is -0.0271 e. The van der Waals surface area contributed by atoms with Gasteiger partial charge in [0.05, 0.1) is 0 Å². The van der Waals surface area contributed by atoms with Crippen LogP contribution in [0, 0.1) is 0 Å². The fourth-order valence-corrected chi connectivity index (χ4v) is 2.56. The van der Waals surface area contributed by atoms with Gasteiger partial charge >= 0.3 is 0 Å². The molecule has 0 nitrogen and oxygen atoms in total. The number of hydrogen-bond donors (Lipinski definition) is 0. The molecule has 1 atom stereocenters. The van der Waals surface area contributed by atoms with E-state index in [1.807, 2.05) is 0 Å². The molecule has 0 spiro atoms. The van der Waals surface area contributed by atoms with Crippen LogP contribution < -0.4 is 5.30 Å². The molecule has 0 aliphatic heterocycles. The molecule has 0 saturated heterocycles. The topological polar surface area (TPSA) is 0 Å². The van der Waals surface area contributed by atoms with E-state index in [9.17, 15) is 0 Å². The molecule has 2 heteroatoms. The minimum absolute atomic E-state index is 0. The van der Waals surface area contributed by atoms with E-state index in [-0.39, 0.29) is 17.0 Å². The van der Waals surface area contributed by atoms with Gasteiger partial charge in [-0.25, -0.2) is 0 Å². The molecule has 0 radical (unpaired) electrons. The highest BCUT2D eigenvalue weighted by molar-refractivity contribution is 8.93. The third-order valence-electron chi connectivity index (χ3n) is 3.35. The van der Waals surface area contributed by atoms with E-state index in [2.05, 4.69) is 40.4 Å². The molecule has 0 bridgehead atoms. The lowest BCUT2D eigenvalue weighted by atomic mass is 10.0. The van der Waals surface area contributed by atoms with Crippen LogP contribution in [0.5, 0.6) is 0 Å². The molecule has 0 aromatic heterocycles. The van der Waals surface area contributed by atoms with Crippen LogP contribution in [0.2, 0.25) is 0 Å². The smallest absolute Gasteiger partial charge is 0.0271 e. The highest BCUT2D eigenvalue weighted by Crippen LogP contribution is 2.11. The molecule has 0 amide bonds. The van der Waals surface area contributed by atoms with E-state index in [1.165, 1.54) is 68.7 Å². The van der Waals surface area contributed by atoms with Crippen molar-refractivity contribution in [2.24, 2.45) is 0 Å². The molecule has 1 rings (SSSR count). The van der Waals surface area contributed by atoms with E-state index >= 15 is 0 Å². The summed E-state index contributed by atoms with van der Waals surface area (Å²) in [7, 11) is 2.84. The first-order valence-electron chi connectivity index (χ1n) is 7.18. The summed E-state index contributed by atoms with van der Waals surface area (Å²) in [5.41, 5.74) is 1.50. The third-order valence-corrected chi connectivity index (χ3v) is 3.92. The number of aryl methyl sites for hydroxylation is 1. The molecule has 1 aromatic carbocycles. The standard InChI is InChI=1S/C16H27P.BrH/c1-2-3-4-5-6-7-8-9-12-15-13-10-11-14-16(15)17;/h10-11,13-14H,2-9,12,17H2,1H3;1H. The van der Waals surface area contributed by atoms with Gasteiger partial charge in [0, 0.05) is 0 Å². The number of rotatable bonds is 9. The van der Waals surface area contributed by atoms with Crippen molar-refractivity contribution in [3.63, 3.8) is 0 Å². The Morgan fingerprint density at radius 1 is 0.833 bits per heavy atom. The largest absolute Gasteiger partial charge is 0.114 e. The van der Waals surface area contributed by atoms with Gasteiger partial charge in [-0.2, -0.15) is 0 Å². The Morgan fingerprint density at radius 2 is 1.39 bits per heavy atom. The Balaban J connectivity index is 0.00000289. The summed E-state index contributed by atoms with van der Waals surface area (Å²) in [6.45, 7) is 2.28. The molecule has 0 saturated carbocycles. The number of benzene rings is 1. The van der Waals surface area contributed by atoms with Gasteiger partial charge in [-0.1, -0.05) is 76.1 Å². The minimum atomic E-state index is 0. The van der Waals surface area contributed by atoms with Crippen LogP contribution in [0.1, 0.15) is 63.9 Å². The Bertz CT molecular complexity index is 299. The summed E-state index contributed by atoms with van der Waals surface area (Å²) in [6.07, 6.45) is 12.5. The number of unbranched alkanes of at least 4 members (excludes halogenated alkanes) is 7. The van der Waals surface area contributed by atoms with Crippen LogP contribution in [0.25, 0.3) is 0 Å². The summed E-state index contributed by atoms with van der Waals surface area (Å²) in [5.74, 6) is 0. The van der Waals surface area contributed by atoms with E-state index in [0.29, 0.717) is 0 Å². The highest BCUT2D eigenvalue weighted by Gasteiger charge is 1.97. The molecule has 1 unspecified atom stereocenters. The first-order chi connectivity index (χ1) is 8.34. The number of halogens is 1. The van der Waals surface area contributed by atoms with Crippen LogP contribution in [-0.2, 0) is 6.42 Å². The molecule has 0 fully saturated rings. The molecule has 0 heterocycles. The van der Waals surface area contributed by atoms with Gasteiger partial charge in [-0.15, -0.1) is 26.2 Å². The van der Waals surface area contributed by atoms with Gasteiger partial charge in [-0.3, -0.25) is 0 Å². The van der Waals surface area contributed by atoms with Crippen molar-refractivity contribution < 1.29 is 0 Å². The van der Waals surface area contributed by atoms with Crippen molar-refractivity contribution in [2.45, 2.75) is 64.7 Å². The van der Waals surface area contributed by atoms with Crippen molar-refractivity contribution in [2.75, 3.05) is 0 Å². The average molecular weight is 331 g/mol. The molecule has 0 aliphatic rings. The van der Waals surface area contributed by atoms with Gasteiger partial charge < -0.3 is 0 Å². The second-order valence-electron chi connectivity index (χ2n) is 4.92. The first-order valence-corrected chi connectivity index (χ1v) is 7.75. The van der Waals surface area contributed by atoms with Crippen molar-refractivity contribution in [1.29, 1.82) is 0 Å². The van der Waals surface area contributed by atoms with Gasteiger partial charge in [0.25, 0.3) is 0 Å². The molecule has 18 heavy (non-hydrogen) atoms. The lowest BCUT2D eigenvalue weighted by Crippen LogP contribution is -2.00. The second-order valence-corrected chi connectivity index (χ2v) is 5.55. The van der Waals surface area contributed by atoms with Crippen molar-refractivity contribution in [3.8, 4) is 0 Å². The molecule has 1 aromatic rings. The maximum absolute atomic E-state index is 2.84. The molecule has 104 valence electrons. The summed E-state index contributed by atoms with van der Waals surface area (Å²) in [4.78, 5) is 0. The van der Waals surface area contributed by atoms with Gasteiger partial charge in [0.2, 0.25) is 0 Å². The van der Waals surface area contributed by atoms with Crippen molar-refractivity contribution in [1.82, 2.24) is 0 Å². The highest BCUT2D eigenvalue weighted by atomic mass is 79.9. The van der Waals surface area contributed by atoms with E-state index in [4.69, 9.17) is 0 Å². The normalized spacial score (nSPS) is 10.1.